The van der Waals surface area contributed by atoms with Crippen LogP contribution in [0.1, 0.15) is 29.5 Å². The number of halogens is 1. The number of benzene rings is 1. The topological polar surface area (TPSA) is 95.8 Å². The molecule has 3 rings (SSSR count). The highest BCUT2D eigenvalue weighted by Crippen LogP contribution is 2.24. The molecule has 0 fully saturated rings. The van der Waals surface area contributed by atoms with E-state index in [2.05, 4.69) is 27.5 Å². The van der Waals surface area contributed by atoms with Crippen molar-refractivity contribution >= 4 is 23.3 Å². The molecule has 7 nitrogen and oxygen atoms in total. The lowest BCUT2D eigenvalue weighted by atomic mass is 10.1. The van der Waals surface area contributed by atoms with Gasteiger partial charge in [-0.05, 0) is 24.6 Å². The van der Waals surface area contributed by atoms with Gasteiger partial charge in [0.15, 0.2) is 5.69 Å². The van der Waals surface area contributed by atoms with Crippen LogP contribution in [0, 0.1) is 0 Å². The van der Waals surface area contributed by atoms with Crippen molar-refractivity contribution < 1.29 is 9.90 Å². The number of nitrogens with zero attached hydrogens (tertiary/aromatic N) is 3. The normalized spacial score (nSPS) is 10.9. The summed E-state index contributed by atoms with van der Waals surface area (Å²) in [6.45, 7) is 2.23. The van der Waals surface area contributed by atoms with Crippen molar-refractivity contribution in [1.82, 2.24) is 20.0 Å². The molecule has 0 aliphatic heterocycles. The average molecular weight is 374 g/mol. The van der Waals surface area contributed by atoms with Crippen molar-refractivity contribution in [3.63, 3.8) is 0 Å². The number of aromatic nitrogens is 4. The van der Waals surface area contributed by atoms with Crippen molar-refractivity contribution in [2.45, 2.75) is 26.3 Å². The molecule has 0 unspecified atom stereocenters. The molecule has 1 amide bonds. The van der Waals surface area contributed by atoms with Crippen molar-refractivity contribution in [1.29, 1.82) is 0 Å². The zero-order valence-corrected chi connectivity index (χ0v) is 15.1. The number of aliphatic hydroxyl groups is 1. The van der Waals surface area contributed by atoms with E-state index in [4.69, 9.17) is 11.6 Å². The molecule has 0 radical (unpaired) electrons. The number of aryl methyl sites for hydroxylation is 1. The fourth-order valence-corrected chi connectivity index (χ4v) is 2.82. The second kappa shape index (κ2) is 8.16. The Balaban J connectivity index is 1.84. The van der Waals surface area contributed by atoms with Gasteiger partial charge in [0.05, 0.1) is 18.8 Å². The van der Waals surface area contributed by atoms with E-state index in [1.165, 1.54) is 0 Å². The second-order valence-corrected chi connectivity index (χ2v) is 6.29. The third kappa shape index (κ3) is 4.12. The molecule has 0 aliphatic rings. The lowest BCUT2D eigenvalue weighted by molar-refractivity contribution is 0.102. The van der Waals surface area contributed by atoms with Crippen molar-refractivity contribution in [3.8, 4) is 11.3 Å². The Labute approximate surface area is 156 Å². The summed E-state index contributed by atoms with van der Waals surface area (Å²) in [5.41, 5.74) is 2.72. The Morgan fingerprint density at radius 1 is 1.35 bits per heavy atom. The highest BCUT2D eigenvalue weighted by atomic mass is 35.5. The third-order valence-corrected chi connectivity index (χ3v) is 4.07. The number of H-pyrrole nitrogens is 1. The molecule has 0 atom stereocenters. The molecule has 3 N–H and O–H groups in total. The molecule has 2 heterocycles. The van der Waals surface area contributed by atoms with Crippen molar-refractivity contribution in [2.24, 2.45) is 0 Å². The molecule has 0 saturated carbocycles. The summed E-state index contributed by atoms with van der Waals surface area (Å²) in [5.74, 6) is 0.152. The maximum atomic E-state index is 12.5. The van der Waals surface area contributed by atoms with Gasteiger partial charge >= 0.3 is 0 Å². The van der Waals surface area contributed by atoms with Gasteiger partial charge in [-0.1, -0.05) is 37.1 Å². The second-order valence-electron chi connectivity index (χ2n) is 5.85. The highest BCUT2D eigenvalue weighted by molar-refractivity contribution is 6.30. The van der Waals surface area contributed by atoms with Gasteiger partial charge in [0.25, 0.3) is 5.91 Å². The predicted molar refractivity (Wildman–Crippen MR) is 100 cm³/mol. The monoisotopic (exact) mass is 373 g/mol. The van der Waals surface area contributed by atoms with E-state index in [-0.39, 0.29) is 19.1 Å². The van der Waals surface area contributed by atoms with Gasteiger partial charge in [-0.25, -0.2) is 4.68 Å². The molecule has 0 spiro atoms. The fraction of sp³-hybridized carbons (Fsp3) is 0.278. The van der Waals surface area contributed by atoms with Crippen molar-refractivity contribution in [3.05, 3.63) is 52.8 Å². The highest BCUT2D eigenvalue weighted by Gasteiger charge is 2.15. The number of aliphatic hydroxyl groups excluding tert-OH is 1. The van der Waals surface area contributed by atoms with Gasteiger partial charge in [0.2, 0.25) is 0 Å². The number of amides is 1. The molecular weight excluding hydrogens is 354 g/mol. The van der Waals surface area contributed by atoms with E-state index in [1.807, 2.05) is 12.1 Å². The third-order valence-electron chi connectivity index (χ3n) is 3.84. The molecular formula is C18H20ClN5O2. The van der Waals surface area contributed by atoms with Gasteiger partial charge in [0, 0.05) is 22.3 Å². The van der Waals surface area contributed by atoms with Gasteiger partial charge in [0.1, 0.15) is 5.82 Å². The molecule has 0 saturated heterocycles. The average Bonchev–Trinajstić information content (AvgIpc) is 3.23. The largest absolute Gasteiger partial charge is 0.394 e. The molecule has 136 valence electrons. The van der Waals surface area contributed by atoms with Gasteiger partial charge < -0.3 is 10.4 Å². The minimum atomic E-state index is -0.333. The smallest absolute Gasteiger partial charge is 0.277 e. The molecule has 1 aromatic carbocycles. The number of anilines is 1. The first-order valence-corrected chi connectivity index (χ1v) is 8.78. The first kappa shape index (κ1) is 18.2. The summed E-state index contributed by atoms with van der Waals surface area (Å²) in [5, 5.41) is 24.0. The maximum Gasteiger partial charge on any atom is 0.277 e. The van der Waals surface area contributed by atoms with Crippen LogP contribution in [0.5, 0.6) is 0 Å². The molecule has 0 bridgehead atoms. The van der Waals surface area contributed by atoms with Crippen molar-refractivity contribution in [2.75, 3.05) is 11.9 Å². The van der Waals surface area contributed by atoms with E-state index >= 15 is 0 Å². The number of hydrogen-bond acceptors (Lipinski definition) is 4. The van der Waals surface area contributed by atoms with Crippen LogP contribution >= 0.6 is 11.6 Å². The van der Waals surface area contributed by atoms with Crippen LogP contribution in [-0.2, 0) is 13.0 Å². The lowest BCUT2D eigenvalue weighted by Crippen LogP contribution is -2.17. The first-order valence-electron chi connectivity index (χ1n) is 8.41. The van der Waals surface area contributed by atoms with Gasteiger partial charge in [-0.15, -0.1) is 0 Å². The standard InChI is InChI=1S/C18H20ClN5O2/c1-2-4-14-10-16(22-21-14)18(26)20-17-11-15(23-24(17)7-8-25)12-5-3-6-13(19)9-12/h3,5-6,9-11,25H,2,4,7-8H2,1H3,(H,20,26)(H,21,22). The number of aromatic amines is 1. The molecule has 8 heteroatoms. The zero-order valence-electron chi connectivity index (χ0n) is 14.4. The summed E-state index contributed by atoms with van der Waals surface area (Å²) in [6.07, 6.45) is 1.80. The molecule has 3 aromatic rings. The molecule has 0 aliphatic carbocycles. The summed E-state index contributed by atoms with van der Waals surface area (Å²) in [4.78, 5) is 12.5. The SMILES string of the molecule is CCCc1cc(C(=O)Nc2cc(-c3cccc(Cl)c3)nn2CCO)n[nH]1. The van der Waals surface area contributed by atoms with Gasteiger partial charge in [-0.2, -0.15) is 10.2 Å². The maximum absolute atomic E-state index is 12.5. The number of nitrogens with one attached hydrogen (secondary N) is 2. The number of rotatable bonds is 7. The van der Waals surface area contributed by atoms with E-state index in [9.17, 15) is 9.90 Å². The Hall–Kier alpha value is -2.64. The minimum absolute atomic E-state index is 0.0947. The quantitative estimate of drug-likeness (QED) is 0.592. The van der Waals surface area contributed by atoms with E-state index in [1.54, 1.807) is 28.9 Å². The minimum Gasteiger partial charge on any atom is -0.394 e. The van der Waals surface area contributed by atoms with E-state index in [0.717, 1.165) is 24.1 Å². The number of carbonyl (C=O) groups excluding carboxylic acids is 1. The Morgan fingerprint density at radius 3 is 2.92 bits per heavy atom. The van der Waals surface area contributed by atoms with E-state index in [0.29, 0.717) is 22.2 Å². The van der Waals surface area contributed by atoms with Gasteiger partial charge in [-0.3, -0.25) is 9.89 Å². The van der Waals surface area contributed by atoms with Crippen LogP contribution in [-0.4, -0.2) is 37.6 Å². The van der Waals surface area contributed by atoms with Crippen LogP contribution in [0.4, 0.5) is 5.82 Å². The predicted octanol–water partition coefficient (Wildman–Crippen LogP) is 3.12. The van der Waals surface area contributed by atoms with Crippen LogP contribution in [0.3, 0.4) is 0 Å². The van der Waals surface area contributed by atoms with Crippen LogP contribution in [0.2, 0.25) is 5.02 Å². The van der Waals surface area contributed by atoms with Crippen LogP contribution in [0.15, 0.2) is 36.4 Å². The fourth-order valence-electron chi connectivity index (χ4n) is 2.63. The van der Waals surface area contributed by atoms with Crippen LogP contribution in [0.25, 0.3) is 11.3 Å². The molecule has 26 heavy (non-hydrogen) atoms. The summed E-state index contributed by atoms with van der Waals surface area (Å²) in [6, 6.07) is 10.8. The number of hydrogen-bond donors (Lipinski definition) is 3. The zero-order chi connectivity index (χ0) is 18.5. The summed E-state index contributed by atoms with van der Waals surface area (Å²) < 4.78 is 1.55. The Bertz CT molecular complexity index is 903. The summed E-state index contributed by atoms with van der Waals surface area (Å²) in [7, 11) is 0. The Kier molecular flexibility index (Phi) is 5.70. The number of carbonyl (C=O) groups is 1. The lowest BCUT2D eigenvalue weighted by Gasteiger charge is -2.05. The first-order chi connectivity index (χ1) is 12.6. The summed E-state index contributed by atoms with van der Waals surface area (Å²) >= 11 is 6.04. The molecule has 2 aromatic heterocycles. The van der Waals surface area contributed by atoms with Crippen LogP contribution < -0.4 is 5.32 Å². The Morgan fingerprint density at radius 2 is 2.19 bits per heavy atom. The van der Waals surface area contributed by atoms with E-state index < -0.39 is 0 Å².